The van der Waals surface area contributed by atoms with Gasteiger partial charge in [0.2, 0.25) is 0 Å². The van der Waals surface area contributed by atoms with Gasteiger partial charge in [-0.05, 0) is 19.4 Å². The number of likely N-dealkylation sites (N-methyl/N-ethyl adjacent to an activating group) is 1. The van der Waals surface area contributed by atoms with Crippen molar-refractivity contribution in [1.29, 1.82) is 0 Å². The van der Waals surface area contributed by atoms with Crippen molar-refractivity contribution in [3.05, 3.63) is 36.6 Å². The molecule has 0 spiro atoms. The quantitative estimate of drug-likeness (QED) is 0.441. The van der Waals surface area contributed by atoms with Crippen LogP contribution in [0.4, 0.5) is 0 Å². The highest BCUT2D eigenvalue weighted by Gasteiger charge is 1.97. The van der Waals surface area contributed by atoms with Gasteiger partial charge in [-0.1, -0.05) is 18.7 Å². The highest BCUT2D eigenvalue weighted by molar-refractivity contribution is 5.19. The minimum atomic E-state index is 0.886. The van der Waals surface area contributed by atoms with Gasteiger partial charge in [-0.15, -0.1) is 6.58 Å². The number of rotatable bonds is 4. The lowest BCUT2D eigenvalue weighted by molar-refractivity contribution is 0.462. The minimum Gasteiger partial charge on any atom is -0.374 e. The zero-order chi connectivity index (χ0) is 8.85. The molecule has 0 rings (SSSR count). The van der Waals surface area contributed by atoms with Crippen LogP contribution < -0.4 is 0 Å². The van der Waals surface area contributed by atoms with Crippen molar-refractivity contribution in [2.45, 2.75) is 13.8 Å². The lowest BCUT2D eigenvalue weighted by Gasteiger charge is -2.19. The van der Waals surface area contributed by atoms with Crippen molar-refractivity contribution in [3.63, 3.8) is 0 Å². The van der Waals surface area contributed by atoms with Crippen molar-refractivity contribution in [1.82, 2.24) is 4.90 Å². The fraction of sp³-hybridized carbons (Fsp3) is 0.400. The van der Waals surface area contributed by atoms with Crippen LogP contribution in [0.5, 0.6) is 0 Å². The molecule has 0 amide bonds. The summed E-state index contributed by atoms with van der Waals surface area (Å²) >= 11 is 0. The van der Waals surface area contributed by atoms with Gasteiger partial charge in [0.1, 0.15) is 0 Å². The molecule has 0 bridgehead atoms. The van der Waals surface area contributed by atoms with Crippen LogP contribution in [0.2, 0.25) is 0 Å². The second-order valence-electron chi connectivity index (χ2n) is 2.64. The molecule has 1 nitrogen and oxygen atoms in total. The maximum absolute atomic E-state index is 3.71. The molecule has 0 atom stereocenters. The number of hydrogen-bond donors (Lipinski definition) is 0. The summed E-state index contributed by atoms with van der Waals surface area (Å²) in [6.45, 7) is 12.4. The molecule has 0 saturated carbocycles. The summed E-state index contributed by atoms with van der Waals surface area (Å²) in [5, 5.41) is 0. The molecule has 0 fully saturated rings. The van der Waals surface area contributed by atoms with E-state index in [9.17, 15) is 0 Å². The van der Waals surface area contributed by atoms with Gasteiger partial charge in [0, 0.05) is 19.3 Å². The first-order valence-corrected chi connectivity index (χ1v) is 3.75. The largest absolute Gasteiger partial charge is 0.374 e. The third-order valence-electron chi connectivity index (χ3n) is 1.85. The average molecular weight is 151 g/mol. The van der Waals surface area contributed by atoms with E-state index in [2.05, 4.69) is 31.9 Å². The standard InChI is InChI=1S/C10H17N/c1-6-8-11(5)10(4)9(3)7-2/h6-7H,1-2,8H2,3-5H3/b10-9-. The molecule has 0 aromatic heterocycles. The molecule has 0 heterocycles. The molecule has 0 aliphatic carbocycles. The molecular weight excluding hydrogens is 134 g/mol. The van der Waals surface area contributed by atoms with Gasteiger partial charge < -0.3 is 4.90 Å². The number of allylic oxidation sites excluding steroid dienone is 3. The van der Waals surface area contributed by atoms with E-state index in [-0.39, 0.29) is 0 Å². The molecule has 0 aromatic carbocycles. The molecule has 11 heavy (non-hydrogen) atoms. The maximum Gasteiger partial charge on any atom is 0.0350 e. The Balaban J connectivity index is 4.31. The fourth-order valence-electron chi connectivity index (χ4n) is 0.779. The average Bonchev–Trinajstić information content (AvgIpc) is 2.02. The molecule has 0 N–H and O–H groups in total. The van der Waals surface area contributed by atoms with Crippen LogP contribution in [-0.2, 0) is 0 Å². The van der Waals surface area contributed by atoms with Crippen molar-refractivity contribution >= 4 is 0 Å². The third kappa shape index (κ3) is 3.08. The van der Waals surface area contributed by atoms with Crippen molar-refractivity contribution in [2.24, 2.45) is 0 Å². The summed E-state index contributed by atoms with van der Waals surface area (Å²) in [4.78, 5) is 2.14. The van der Waals surface area contributed by atoms with Crippen LogP contribution in [0.25, 0.3) is 0 Å². The van der Waals surface area contributed by atoms with E-state index < -0.39 is 0 Å². The molecular formula is C10H17N. The van der Waals surface area contributed by atoms with E-state index in [0.29, 0.717) is 0 Å². The zero-order valence-electron chi connectivity index (χ0n) is 7.72. The fourth-order valence-corrected chi connectivity index (χ4v) is 0.779. The first-order valence-electron chi connectivity index (χ1n) is 3.75. The lowest BCUT2D eigenvalue weighted by Crippen LogP contribution is -2.16. The van der Waals surface area contributed by atoms with Gasteiger partial charge in [0.15, 0.2) is 0 Å². The summed E-state index contributed by atoms with van der Waals surface area (Å²) in [6.07, 6.45) is 3.76. The molecule has 62 valence electrons. The van der Waals surface area contributed by atoms with Gasteiger partial charge in [0.05, 0.1) is 0 Å². The Morgan fingerprint density at radius 2 is 1.91 bits per heavy atom. The molecule has 1 heteroatoms. The Hall–Kier alpha value is -0.980. The van der Waals surface area contributed by atoms with Crippen LogP contribution in [-0.4, -0.2) is 18.5 Å². The zero-order valence-corrected chi connectivity index (χ0v) is 7.72. The Morgan fingerprint density at radius 1 is 1.36 bits per heavy atom. The SMILES string of the molecule is C=CCN(C)/C(C)=C(/C)C=C. The van der Waals surface area contributed by atoms with Gasteiger partial charge in [-0.2, -0.15) is 0 Å². The van der Waals surface area contributed by atoms with Crippen LogP contribution in [0.15, 0.2) is 36.6 Å². The normalized spacial score (nSPS) is 11.9. The predicted molar refractivity (Wildman–Crippen MR) is 51.4 cm³/mol. The van der Waals surface area contributed by atoms with Crippen molar-refractivity contribution < 1.29 is 0 Å². The maximum atomic E-state index is 3.71. The topological polar surface area (TPSA) is 3.24 Å². The van der Waals surface area contributed by atoms with Gasteiger partial charge in [-0.25, -0.2) is 0 Å². The first-order chi connectivity index (χ1) is 5.13. The molecule has 0 aliphatic rings. The van der Waals surface area contributed by atoms with E-state index in [1.165, 1.54) is 11.3 Å². The van der Waals surface area contributed by atoms with E-state index >= 15 is 0 Å². The smallest absolute Gasteiger partial charge is 0.0350 e. The second kappa shape index (κ2) is 4.78. The van der Waals surface area contributed by atoms with E-state index in [4.69, 9.17) is 0 Å². The summed E-state index contributed by atoms with van der Waals surface area (Å²) in [7, 11) is 2.05. The highest BCUT2D eigenvalue weighted by Crippen LogP contribution is 2.07. The van der Waals surface area contributed by atoms with E-state index in [0.717, 1.165) is 6.54 Å². The third-order valence-corrected chi connectivity index (χ3v) is 1.85. The van der Waals surface area contributed by atoms with Gasteiger partial charge in [-0.3, -0.25) is 0 Å². The highest BCUT2D eigenvalue weighted by atomic mass is 15.1. The van der Waals surface area contributed by atoms with Gasteiger partial charge >= 0.3 is 0 Å². The molecule has 0 radical (unpaired) electrons. The summed E-state index contributed by atoms with van der Waals surface area (Å²) < 4.78 is 0. The van der Waals surface area contributed by atoms with Crippen LogP contribution in [0.3, 0.4) is 0 Å². The van der Waals surface area contributed by atoms with Crippen LogP contribution in [0, 0.1) is 0 Å². The Morgan fingerprint density at radius 3 is 2.27 bits per heavy atom. The Bertz CT molecular complexity index is 177. The molecule has 0 saturated heterocycles. The number of nitrogens with zero attached hydrogens (tertiary/aromatic N) is 1. The summed E-state index contributed by atoms with van der Waals surface area (Å²) in [5.74, 6) is 0. The number of hydrogen-bond acceptors (Lipinski definition) is 1. The molecule has 0 aliphatic heterocycles. The molecule has 0 unspecified atom stereocenters. The monoisotopic (exact) mass is 151 g/mol. The van der Waals surface area contributed by atoms with Crippen molar-refractivity contribution in [2.75, 3.05) is 13.6 Å². The van der Waals surface area contributed by atoms with Crippen LogP contribution in [0.1, 0.15) is 13.8 Å². The molecule has 0 aromatic rings. The van der Waals surface area contributed by atoms with Crippen molar-refractivity contribution in [3.8, 4) is 0 Å². The minimum absolute atomic E-state index is 0.886. The lowest BCUT2D eigenvalue weighted by atomic mass is 10.2. The Kier molecular flexibility index (Phi) is 4.35. The summed E-state index contributed by atoms with van der Waals surface area (Å²) in [6, 6.07) is 0. The van der Waals surface area contributed by atoms with E-state index in [1.54, 1.807) is 0 Å². The first kappa shape index (κ1) is 10.0. The van der Waals surface area contributed by atoms with E-state index in [1.807, 2.05) is 19.2 Å². The Labute approximate surface area is 69.7 Å². The summed E-state index contributed by atoms with van der Waals surface area (Å²) in [5.41, 5.74) is 2.47. The van der Waals surface area contributed by atoms with Crippen LogP contribution >= 0.6 is 0 Å². The van der Waals surface area contributed by atoms with Gasteiger partial charge in [0.25, 0.3) is 0 Å². The predicted octanol–water partition coefficient (Wildman–Crippen LogP) is 2.58. The second-order valence-corrected chi connectivity index (χ2v) is 2.64.